The first-order chi connectivity index (χ1) is 13.6. The van der Waals surface area contributed by atoms with Crippen molar-refractivity contribution < 1.29 is 28.5 Å². The van der Waals surface area contributed by atoms with Crippen molar-refractivity contribution in [3.8, 4) is 0 Å². The zero-order valence-electron chi connectivity index (χ0n) is 16.1. The molecule has 2 heterocycles. The largest absolute Gasteiger partial charge is 0.463 e. The molecular weight excluding hydrogens is 360 g/mol. The van der Waals surface area contributed by atoms with Crippen LogP contribution in [0.5, 0.6) is 0 Å². The summed E-state index contributed by atoms with van der Waals surface area (Å²) < 4.78 is 22.0. The summed E-state index contributed by atoms with van der Waals surface area (Å²) in [5, 5.41) is 0. The normalized spacial score (nSPS) is 24.8. The van der Waals surface area contributed by atoms with E-state index in [0.29, 0.717) is 25.2 Å². The van der Waals surface area contributed by atoms with Crippen LogP contribution in [0.25, 0.3) is 6.08 Å². The highest BCUT2D eigenvalue weighted by atomic mass is 16.7. The Balaban J connectivity index is 1.76. The molecule has 0 aromatic heterocycles. The molecule has 0 N–H and O–H groups in total. The smallest absolute Gasteiger partial charge is 0.359 e. The summed E-state index contributed by atoms with van der Waals surface area (Å²) in [6.45, 7) is 2.93. The van der Waals surface area contributed by atoms with E-state index in [-0.39, 0.29) is 12.9 Å². The highest BCUT2D eigenvalue weighted by Gasteiger charge is 2.49. The maximum atomic E-state index is 12.8. The molecule has 0 radical (unpaired) electrons. The van der Waals surface area contributed by atoms with Gasteiger partial charge in [0, 0.05) is 12.7 Å². The monoisotopic (exact) mass is 386 g/mol. The molecule has 1 saturated heterocycles. The molecular formula is C22H26O6. The van der Waals surface area contributed by atoms with Crippen molar-refractivity contribution in [3.05, 3.63) is 53.6 Å². The van der Waals surface area contributed by atoms with Crippen LogP contribution in [0, 0.1) is 0 Å². The second-order valence-electron chi connectivity index (χ2n) is 6.71. The Kier molecular flexibility index (Phi) is 7.01. The molecule has 2 unspecified atom stereocenters. The Morgan fingerprint density at radius 1 is 1.29 bits per heavy atom. The topological polar surface area (TPSA) is 71.1 Å². The lowest BCUT2D eigenvalue weighted by Gasteiger charge is -2.27. The van der Waals surface area contributed by atoms with Gasteiger partial charge in [0.15, 0.2) is 6.29 Å². The van der Waals surface area contributed by atoms with E-state index < -0.39 is 17.5 Å². The molecule has 0 aliphatic carbocycles. The van der Waals surface area contributed by atoms with E-state index in [1.54, 1.807) is 19.1 Å². The summed E-state index contributed by atoms with van der Waals surface area (Å²) in [6.07, 6.45) is 7.81. The van der Waals surface area contributed by atoms with Gasteiger partial charge in [-0.25, -0.2) is 9.59 Å². The van der Waals surface area contributed by atoms with Gasteiger partial charge < -0.3 is 18.9 Å². The first-order valence-corrected chi connectivity index (χ1v) is 9.73. The molecule has 0 amide bonds. The Morgan fingerprint density at radius 2 is 2.11 bits per heavy atom. The van der Waals surface area contributed by atoms with Crippen LogP contribution >= 0.6 is 0 Å². The fourth-order valence-corrected chi connectivity index (χ4v) is 3.30. The molecule has 28 heavy (non-hydrogen) atoms. The Morgan fingerprint density at radius 3 is 2.82 bits per heavy atom. The van der Waals surface area contributed by atoms with Crippen LogP contribution in [0.1, 0.15) is 38.2 Å². The lowest BCUT2D eigenvalue weighted by molar-refractivity contribution is -0.169. The summed E-state index contributed by atoms with van der Waals surface area (Å²) >= 11 is 0. The van der Waals surface area contributed by atoms with E-state index in [4.69, 9.17) is 18.9 Å². The molecule has 6 heteroatoms. The predicted molar refractivity (Wildman–Crippen MR) is 103 cm³/mol. The molecule has 1 fully saturated rings. The lowest BCUT2D eigenvalue weighted by Crippen LogP contribution is -2.41. The van der Waals surface area contributed by atoms with Crippen LogP contribution in [0.2, 0.25) is 0 Å². The van der Waals surface area contributed by atoms with Gasteiger partial charge in [0.1, 0.15) is 0 Å². The molecule has 150 valence electrons. The number of ether oxygens (including phenoxy) is 4. The Labute approximate surface area is 165 Å². The molecule has 0 spiro atoms. The number of benzene rings is 1. The van der Waals surface area contributed by atoms with E-state index in [9.17, 15) is 9.59 Å². The van der Waals surface area contributed by atoms with Crippen molar-refractivity contribution in [1.29, 1.82) is 0 Å². The predicted octanol–water partition coefficient (Wildman–Crippen LogP) is 3.42. The fraction of sp³-hybridized carbons (Fsp3) is 0.455. The molecule has 2 atom stereocenters. The summed E-state index contributed by atoms with van der Waals surface area (Å²) in [4.78, 5) is 24.8. The van der Waals surface area contributed by atoms with Gasteiger partial charge in [0.2, 0.25) is 5.60 Å². The molecule has 3 rings (SSSR count). The van der Waals surface area contributed by atoms with Gasteiger partial charge >= 0.3 is 11.9 Å². The zero-order chi connectivity index (χ0) is 19.8. The number of hydrogen-bond donors (Lipinski definition) is 0. The summed E-state index contributed by atoms with van der Waals surface area (Å²) in [7, 11) is 0. The third kappa shape index (κ3) is 4.88. The standard InChI is InChI=1S/C22H26O6/c1-2-25-21(24)22(13-11-17-8-4-3-5-9-17)18(16-19(23)28-22)12-15-27-20-10-6-7-14-26-20/h3-5,8-9,11,13,16,20H,2,6-7,10,12,14-15H2,1H3/b13-11+. The second-order valence-corrected chi connectivity index (χ2v) is 6.71. The van der Waals surface area contributed by atoms with Crippen LogP contribution in [0.3, 0.4) is 0 Å². The molecule has 0 bridgehead atoms. The van der Waals surface area contributed by atoms with Crippen LogP contribution in [-0.2, 0) is 28.5 Å². The molecule has 1 aromatic carbocycles. The van der Waals surface area contributed by atoms with Crippen molar-refractivity contribution in [1.82, 2.24) is 0 Å². The van der Waals surface area contributed by atoms with Gasteiger partial charge in [-0.3, -0.25) is 0 Å². The van der Waals surface area contributed by atoms with Crippen LogP contribution in [0.4, 0.5) is 0 Å². The summed E-state index contributed by atoms with van der Waals surface area (Å²) in [5.41, 5.74) is -0.140. The van der Waals surface area contributed by atoms with Gasteiger partial charge in [-0.05, 0) is 49.8 Å². The Bertz CT molecular complexity index is 733. The quantitative estimate of drug-likeness (QED) is 0.638. The zero-order valence-corrected chi connectivity index (χ0v) is 16.1. The number of carbonyl (C=O) groups excluding carboxylic acids is 2. The number of hydrogen-bond acceptors (Lipinski definition) is 6. The number of cyclic esters (lactones) is 1. The molecule has 0 saturated carbocycles. The van der Waals surface area contributed by atoms with Gasteiger partial charge in [-0.15, -0.1) is 0 Å². The van der Waals surface area contributed by atoms with E-state index >= 15 is 0 Å². The van der Waals surface area contributed by atoms with E-state index in [0.717, 1.165) is 24.8 Å². The van der Waals surface area contributed by atoms with Crippen LogP contribution < -0.4 is 0 Å². The highest BCUT2D eigenvalue weighted by molar-refractivity contribution is 5.98. The minimum atomic E-state index is -1.56. The Hall–Kier alpha value is -2.44. The maximum absolute atomic E-state index is 12.8. The molecule has 2 aliphatic rings. The molecule has 6 nitrogen and oxygen atoms in total. The average molecular weight is 386 g/mol. The minimum Gasteiger partial charge on any atom is -0.463 e. The van der Waals surface area contributed by atoms with Gasteiger partial charge in [0.25, 0.3) is 0 Å². The van der Waals surface area contributed by atoms with Crippen molar-refractivity contribution in [2.75, 3.05) is 19.8 Å². The van der Waals surface area contributed by atoms with Crippen molar-refractivity contribution in [2.24, 2.45) is 0 Å². The number of rotatable bonds is 8. The average Bonchev–Trinajstić information content (AvgIpc) is 3.05. The number of carbonyl (C=O) groups is 2. The third-order valence-electron chi connectivity index (χ3n) is 4.73. The minimum absolute atomic E-state index is 0.191. The second kappa shape index (κ2) is 9.66. The summed E-state index contributed by atoms with van der Waals surface area (Å²) in [6, 6.07) is 9.50. The third-order valence-corrected chi connectivity index (χ3v) is 4.73. The number of esters is 2. The van der Waals surface area contributed by atoms with E-state index in [1.165, 1.54) is 6.08 Å². The van der Waals surface area contributed by atoms with Crippen molar-refractivity contribution in [3.63, 3.8) is 0 Å². The van der Waals surface area contributed by atoms with Gasteiger partial charge in [0.05, 0.1) is 13.2 Å². The molecule has 1 aromatic rings. The van der Waals surface area contributed by atoms with Gasteiger partial charge in [-0.2, -0.15) is 0 Å². The van der Waals surface area contributed by atoms with E-state index in [1.807, 2.05) is 30.3 Å². The van der Waals surface area contributed by atoms with Crippen LogP contribution in [0.15, 0.2) is 48.1 Å². The maximum Gasteiger partial charge on any atom is 0.359 e. The first kappa shape index (κ1) is 20.3. The SMILES string of the molecule is CCOC(=O)C1(/C=C/c2ccccc2)OC(=O)C=C1CCOC1CCCCO1. The molecule has 2 aliphatic heterocycles. The fourth-order valence-electron chi connectivity index (χ4n) is 3.30. The van der Waals surface area contributed by atoms with Crippen molar-refractivity contribution in [2.45, 2.75) is 44.5 Å². The van der Waals surface area contributed by atoms with Crippen molar-refractivity contribution >= 4 is 18.0 Å². The summed E-state index contributed by atoms with van der Waals surface area (Å²) in [5.74, 6) is -1.16. The van der Waals surface area contributed by atoms with Crippen LogP contribution in [-0.4, -0.2) is 43.7 Å². The lowest BCUT2D eigenvalue weighted by atomic mass is 9.91. The van der Waals surface area contributed by atoms with Gasteiger partial charge in [-0.1, -0.05) is 36.4 Å². The highest BCUT2D eigenvalue weighted by Crippen LogP contribution is 2.34. The first-order valence-electron chi connectivity index (χ1n) is 9.73. The van der Waals surface area contributed by atoms with E-state index in [2.05, 4.69) is 0 Å².